The first-order chi connectivity index (χ1) is 13.1. The molecule has 1 aliphatic heterocycles. The summed E-state index contributed by atoms with van der Waals surface area (Å²) >= 11 is 0. The van der Waals surface area contributed by atoms with Crippen molar-refractivity contribution < 1.29 is 0 Å². The highest BCUT2D eigenvalue weighted by atomic mass is 15.4. The zero-order valence-electron chi connectivity index (χ0n) is 15.3. The first-order valence-corrected chi connectivity index (χ1v) is 9.18. The van der Waals surface area contributed by atoms with Gasteiger partial charge in [-0.1, -0.05) is 6.07 Å². The third kappa shape index (κ3) is 3.55. The zero-order valence-corrected chi connectivity index (χ0v) is 15.3. The second-order valence-electron chi connectivity index (χ2n) is 7.00. The van der Waals surface area contributed by atoms with Gasteiger partial charge in [-0.25, -0.2) is 4.68 Å². The molecule has 136 valence electrons. The minimum Gasteiger partial charge on any atom is -0.355 e. The highest BCUT2D eigenvalue weighted by Crippen LogP contribution is 2.28. The van der Waals surface area contributed by atoms with E-state index < -0.39 is 0 Å². The lowest BCUT2D eigenvalue weighted by Crippen LogP contribution is -2.39. The van der Waals surface area contributed by atoms with Gasteiger partial charge in [0.25, 0.3) is 0 Å². The van der Waals surface area contributed by atoms with E-state index in [0.717, 1.165) is 54.4 Å². The van der Waals surface area contributed by atoms with Gasteiger partial charge >= 0.3 is 0 Å². The van der Waals surface area contributed by atoms with Gasteiger partial charge in [-0.15, -0.1) is 5.10 Å². The van der Waals surface area contributed by atoms with E-state index >= 15 is 0 Å². The van der Waals surface area contributed by atoms with E-state index in [1.54, 1.807) is 0 Å². The van der Waals surface area contributed by atoms with Gasteiger partial charge in [0.15, 0.2) is 5.82 Å². The Morgan fingerprint density at radius 3 is 2.48 bits per heavy atom. The number of anilines is 1. The number of nitrogens with zero attached hydrogens (tertiary/aromatic N) is 5. The molecule has 3 aromatic rings. The van der Waals surface area contributed by atoms with E-state index in [1.807, 2.05) is 48.1 Å². The number of nitrogens with two attached hydrogens (primary N) is 1. The van der Waals surface area contributed by atoms with Gasteiger partial charge in [0.2, 0.25) is 0 Å². The quantitative estimate of drug-likeness (QED) is 0.778. The molecular weight excluding hydrogens is 336 g/mol. The highest BCUT2D eigenvalue weighted by Gasteiger charge is 2.21. The molecule has 0 bridgehead atoms. The first kappa shape index (κ1) is 17.3. The molecule has 0 unspecified atom stereocenters. The van der Waals surface area contributed by atoms with E-state index in [2.05, 4.69) is 28.1 Å². The van der Waals surface area contributed by atoms with Crippen LogP contribution in [0.25, 0.3) is 17.1 Å². The summed E-state index contributed by atoms with van der Waals surface area (Å²) in [4.78, 5) is 6.87. The van der Waals surface area contributed by atoms with Crippen molar-refractivity contribution in [3.05, 3.63) is 59.8 Å². The maximum absolute atomic E-state index is 9.05. The monoisotopic (exact) mass is 358 g/mol. The number of benzene rings is 1. The number of nitriles is 1. The molecule has 0 spiro atoms. The molecule has 6 heteroatoms. The van der Waals surface area contributed by atoms with Crippen molar-refractivity contribution in [2.24, 2.45) is 5.73 Å². The van der Waals surface area contributed by atoms with Crippen LogP contribution in [0, 0.1) is 18.3 Å². The molecule has 0 saturated carbocycles. The van der Waals surface area contributed by atoms with Crippen LogP contribution in [-0.4, -0.2) is 33.9 Å². The van der Waals surface area contributed by atoms with E-state index in [0.29, 0.717) is 5.56 Å². The molecule has 0 atom stereocenters. The molecule has 2 N–H and O–H groups in total. The number of pyridine rings is 1. The van der Waals surface area contributed by atoms with Gasteiger partial charge < -0.3 is 10.6 Å². The van der Waals surface area contributed by atoms with E-state index in [1.165, 1.54) is 0 Å². The van der Waals surface area contributed by atoms with Crippen molar-refractivity contribution in [1.29, 1.82) is 5.26 Å². The topological polar surface area (TPSA) is 83.8 Å². The number of aryl methyl sites for hydroxylation is 1. The summed E-state index contributed by atoms with van der Waals surface area (Å²) in [5.41, 5.74) is 10.5. The van der Waals surface area contributed by atoms with Crippen LogP contribution in [0.3, 0.4) is 0 Å². The minimum atomic E-state index is 0.278. The Hall–Kier alpha value is -3.17. The molecule has 27 heavy (non-hydrogen) atoms. The Balaban J connectivity index is 1.77. The minimum absolute atomic E-state index is 0.278. The smallest absolute Gasteiger partial charge is 0.151 e. The number of hydrogen-bond acceptors (Lipinski definition) is 5. The third-order valence-electron chi connectivity index (χ3n) is 4.97. The third-order valence-corrected chi connectivity index (χ3v) is 4.97. The molecule has 1 aromatic carbocycles. The number of rotatable bonds is 3. The van der Waals surface area contributed by atoms with Gasteiger partial charge in [-0.05, 0) is 55.7 Å². The molecule has 0 radical (unpaired) electrons. The van der Waals surface area contributed by atoms with Gasteiger partial charge in [0.1, 0.15) is 0 Å². The summed E-state index contributed by atoms with van der Waals surface area (Å²) < 4.78 is 1.91. The van der Waals surface area contributed by atoms with Crippen LogP contribution < -0.4 is 10.6 Å². The second-order valence-corrected chi connectivity index (χ2v) is 7.00. The lowest BCUT2D eigenvalue weighted by Gasteiger charge is -2.30. The Labute approximate surface area is 158 Å². The van der Waals surface area contributed by atoms with E-state index in [-0.39, 0.29) is 6.04 Å². The van der Waals surface area contributed by atoms with Crippen molar-refractivity contribution in [2.45, 2.75) is 25.8 Å². The van der Waals surface area contributed by atoms with E-state index in [9.17, 15) is 0 Å². The molecule has 6 nitrogen and oxygen atoms in total. The Morgan fingerprint density at radius 2 is 1.85 bits per heavy atom. The van der Waals surface area contributed by atoms with Gasteiger partial charge in [0.05, 0.1) is 28.7 Å². The molecule has 2 aromatic heterocycles. The number of aromatic nitrogens is 3. The van der Waals surface area contributed by atoms with Crippen LogP contribution in [0.1, 0.15) is 24.0 Å². The van der Waals surface area contributed by atoms with Crippen LogP contribution >= 0.6 is 0 Å². The van der Waals surface area contributed by atoms with Crippen LogP contribution in [0.2, 0.25) is 0 Å². The predicted octanol–water partition coefficient (Wildman–Crippen LogP) is 3.04. The largest absolute Gasteiger partial charge is 0.355 e. The first-order valence-electron chi connectivity index (χ1n) is 9.18. The van der Waals surface area contributed by atoms with E-state index in [4.69, 9.17) is 16.1 Å². The van der Waals surface area contributed by atoms with Crippen molar-refractivity contribution in [3.8, 4) is 23.1 Å². The summed E-state index contributed by atoms with van der Waals surface area (Å²) in [6.45, 7) is 3.84. The molecule has 0 aliphatic carbocycles. The maximum Gasteiger partial charge on any atom is 0.151 e. The molecule has 1 fully saturated rings. The second kappa shape index (κ2) is 7.22. The van der Waals surface area contributed by atoms with Crippen LogP contribution in [0.4, 0.5) is 5.82 Å². The SMILES string of the molecule is Cc1ccc(-c2cc(N3CCC(N)CC3)nn2-c2ccc(C#N)cc2)nc1. The lowest BCUT2D eigenvalue weighted by molar-refractivity contribution is 0.498. The summed E-state index contributed by atoms with van der Waals surface area (Å²) in [6.07, 6.45) is 3.81. The fraction of sp³-hybridized carbons (Fsp3) is 0.286. The molecule has 1 aliphatic rings. The zero-order chi connectivity index (χ0) is 18.8. The average molecular weight is 358 g/mol. The fourth-order valence-electron chi connectivity index (χ4n) is 3.33. The van der Waals surface area contributed by atoms with Crippen LogP contribution in [-0.2, 0) is 0 Å². The van der Waals surface area contributed by atoms with Crippen LogP contribution in [0.5, 0.6) is 0 Å². The van der Waals surface area contributed by atoms with Gasteiger partial charge in [-0.3, -0.25) is 4.98 Å². The van der Waals surface area contributed by atoms with Crippen molar-refractivity contribution >= 4 is 5.82 Å². The Kier molecular flexibility index (Phi) is 4.61. The summed E-state index contributed by atoms with van der Waals surface area (Å²) in [5.74, 6) is 0.934. The molecular formula is C21H22N6. The van der Waals surface area contributed by atoms with Crippen molar-refractivity contribution in [3.63, 3.8) is 0 Å². The maximum atomic E-state index is 9.05. The summed E-state index contributed by atoms with van der Waals surface area (Å²) in [7, 11) is 0. The average Bonchev–Trinajstić information content (AvgIpc) is 3.14. The normalized spacial score (nSPS) is 14.9. The lowest BCUT2D eigenvalue weighted by atomic mass is 10.1. The Morgan fingerprint density at radius 1 is 1.11 bits per heavy atom. The summed E-state index contributed by atoms with van der Waals surface area (Å²) in [5, 5.41) is 13.9. The van der Waals surface area contributed by atoms with Gasteiger partial charge in [-0.2, -0.15) is 5.26 Å². The predicted molar refractivity (Wildman–Crippen MR) is 106 cm³/mol. The molecule has 0 amide bonds. The van der Waals surface area contributed by atoms with Crippen LogP contribution in [0.15, 0.2) is 48.7 Å². The molecule has 1 saturated heterocycles. The van der Waals surface area contributed by atoms with Gasteiger partial charge in [0, 0.05) is 31.4 Å². The Bertz CT molecular complexity index is 957. The number of hydrogen-bond donors (Lipinski definition) is 1. The van der Waals surface area contributed by atoms with Crippen molar-refractivity contribution in [2.75, 3.05) is 18.0 Å². The molecule has 3 heterocycles. The fourth-order valence-corrected chi connectivity index (χ4v) is 3.33. The summed E-state index contributed by atoms with van der Waals surface area (Å²) in [6, 6.07) is 16.0. The highest BCUT2D eigenvalue weighted by molar-refractivity contribution is 5.63. The molecule has 4 rings (SSSR count). The standard InChI is InChI=1S/C21H22N6/c1-15-2-7-19(24-14-15)20-12-21(26-10-8-17(23)9-11-26)25-27(20)18-5-3-16(13-22)4-6-18/h2-7,12,14,17H,8-11,23H2,1H3. The van der Waals surface area contributed by atoms with Crippen molar-refractivity contribution in [1.82, 2.24) is 14.8 Å². The number of piperidine rings is 1.